The van der Waals surface area contributed by atoms with Crippen LogP contribution >= 0.6 is 47.0 Å². The van der Waals surface area contributed by atoms with E-state index < -0.39 is 0 Å². The topological polar surface area (TPSA) is 49.4 Å². The summed E-state index contributed by atoms with van der Waals surface area (Å²) in [6, 6.07) is 16.9. The first kappa shape index (κ1) is 29.1. The van der Waals surface area contributed by atoms with Crippen molar-refractivity contribution in [3.05, 3.63) is 70.8 Å². The van der Waals surface area contributed by atoms with Gasteiger partial charge in [0.05, 0.1) is 0 Å². The molecule has 192 valence electrons. The second-order valence-electron chi connectivity index (χ2n) is 7.92. The fraction of sp³-hybridized carbons (Fsp3) is 0.429. The predicted octanol–water partition coefficient (Wildman–Crippen LogP) is 6.01. The van der Waals surface area contributed by atoms with E-state index >= 15 is 0 Å². The largest absolute Gasteiger partial charge is 0.292 e. The summed E-state index contributed by atoms with van der Waals surface area (Å²) in [6.07, 6.45) is 7.91. The standard InChI is InChI=1S/C28H36N4S4/c1-2-26-4-3-25(1)21-29-9-13-33-17-18-35-15-11-31-23-27-5-7-28(8-6-27)24-32-12-16-36-20-19-34-14-10-30-22-26/h1-8,21-24H,9-20H2. The summed E-state index contributed by atoms with van der Waals surface area (Å²) in [7, 11) is 0. The van der Waals surface area contributed by atoms with Crippen LogP contribution in [0.3, 0.4) is 0 Å². The molecule has 4 bridgehead atoms. The molecule has 0 N–H and O–H groups in total. The molecule has 0 spiro atoms. The van der Waals surface area contributed by atoms with Gasteiger partial charge in [0.15, 0.2) is 0 Å². The summed E-state index contributed by atoms with van der Waals surface area (Å²) in [5, 5.41) is 0. The zero-order valence-electron chi connectivity index (χ0n) is 20.8. The predicted molar refractivity (Wildman–Crippen MR) is 172 cm³/mol. The van der Waals surface area contributed by atoms with E-state index in [9.17, 15) is 0 Å². The first-order valence-electron chi connectivity index (χ1n) is 12.4. The summed E-state index contributed by atoms with van der Waals surface area (Å²) in [6.45, 7) is 3.46. The van der Waals surface area contributed by atoms with E-state index in [0.29, 0.717) is 0 Å². The molecular weight excluding hydrogens is 521 g/mol. The Kier molecular flexibility index (Phi) is 15.8. The number of hydrogen-bond donors (Lipinski definition) is 0. The number of nitrogens with zero attached hydrogens (tertiary/aromatic N) is 4. The monoisotopic (exact) mass is 556 g/mol. The van der Waals surface area contributed by atoms with Crippen LogP contribution in [-0.2, 0) is 0 Å². The summed E-state index contributed by atoms with van der Waals surface area (Å²) < 4.78 is 0. The van der Waals surface area contributed by atoms with Gasteiger partial charge >= 0.3 is 0 Å². The van der Waals surface area contributed by atoms with Crippen LogP contribution in [-0.4, -0.2) is 97.1 Å². The molecule has 2 aromatic carbocycles. The summed E-state index contributed by atoms with van der Waals surface area (Å²) in [5.74, 6) is 8.93. The Balaban J connectivity index is 1.43. The van der Waals surface area contributed by atoms with Gasteiger partial charge in [0.1, 0.15) is 0 Å². The van der Waals surface area contributed by atoms with Crippen LogP contribution in [0.5, 0.6) is 0 Å². The number of aliphatic imine (C=N–C) groups is 4. The molecule has 0 aliphatic carbocycles. The van der Waals surface area contributed by atoms with Gasteiger partial charge in [-0.3, -0.25) is 20.0 Å². The number of rotatable bonds is 0. The molecule has 0 atom stereocenters. The van der Waals surface area contributed by atoms with Crippen molar-refractivity contribution in [1.29, 1.82) is 0 Å². The lowest BCUT2D eigenvalue weighted by atomic mass is 10.1. The lowest BCUT2D eigenvalue weighted by Gasteiger charge is -2.01. The average Bonchev–Trinajstić information content (AvgIpc) is 2.91. The molecule has 0 aromatic heterocycles. The molecule has 4 nitrogen and oxygen atoms in total. The second-order valence-corrected chi connectivity index (χ2v) is 12.8. The van der Waals surface area contributed by atoms with Gasteiger partial charge in [0.2, 0.25) is 0 Å². The maximum atomic E-state index is 4.57. The molecule has 0 radical (unpaired) electrons. The van der Waals surface area contributed by atoms with Crippen LogP contribution in [0.4, 0.5) is 0 Å². The Hall–Kier alpha value is -1.48. The van der Waals surface area contributed by atoms with E-state index in [1.165, 1.54) is 0 Å². The minimum absolute atomic E-state index is 0.865. The molecule has 0 saturated carbocycles. The Morgan fingerprint density at radius 2 is 0.556 bits per heavy atom. The Morgan fingerprint density at radius 3 is 0.778 bits per heavy atom. The van der Waals surface area contributed by atoms with Gasteiger partial charge in [-0.05, 0) is 22.3 Å². The fourth-order valence-corrected chi connectivity index (χ4v) is 6.77. The summed E-state index contributed by atoms with van der Waals surface area (Å²) >= 11 is 7.90. The van der Waals surface area contributed by atoms with E-state index in [1.54, 1.807) is 0 Å². The Bertz CT molecular complexity index is 799. The van der Waals surface area contributed by atoms with E-state index in [4.69, 9.17) is 0 Å². The zero-order valence-corrected chi connectivity index (χ0v) is 24.1. The first-order valence-corrected chi connectivity index (χ1v) is 17.0. The molecule has 0 saturated heterocycles. The maximum Gasteiger partial charge on any atom is 0.0480 e. The van der Waals surface area contributed by atoms with Crippen molar-refractivity contribution >= 4 is 71.9 Å². The Morgan fingerprint density at radius 1 is 0.333 bits per heavy atom. The van der Waals surface area contributed by atoms with Crippen LogP contribution in [0.25, 0.3) is 0 Å². The normalized spacial score (nSPS) is 18.0. The van der Waals surface area contributed by atoms with E-state index in [0.717, 1.165) is 94.5 Å². The average molecular weight is 557 g/mol. The highest BCUT2D eigenvalue weighted by Crippen LogP contribution is 2.09. The third-order valence-electron chi connectivity index (χ3n) is 5.04. The fourth-order valence-electron chi connectivity index (χ4n) is 3.13. The van der Waals surface area contributed by atoms with Gasteiger partial charge < -0.3 is 0 Å². The number of benzene rings is 2. The van der Waals surface area contributed by atoms with Crippen LogP contribution in [0.2, 0.25) is 0 Å². The Labute approximate surface area is 233 Å². The molecule has 36 heavy (non-hydrogen) atoms. The minimum Gasteiger partial charge on any atom is -0.292 e. The zero-order chi connectivity index (χ0) is 24.9. The second kappa shape index (κ2) is 19.6. The lowest BCUT2D eigenvalue weighted by Crippen LogP contribution is -1.95. The van der Waals surface area contributed by atoms with E-state index in [2.05, 4.69) is 68.5 Å². The van der Waals surface area contributed by atoms with Crippen LogP contribution < -0.4 is 0 Å². The third-order valence-corrected chi connectivity index (χ3v) is 9.41. The van der Waals surface area contributed by atoms with Crippen molar-refractivity contribution in [1.82, 2.24) is 0 Å². The molecule has 0 amide bonds. The quantitative estimate of drug-likeness (QED) is 0.399. The van der Waals surface area contributed by atoms with Crippen LogP contribution in [0.15, 0.2) is 68.5 Å². The van der Waals surface area contributed by atoms with Crippen molar-refractivity contribution in [2.75, 3.05) is 72.2 Å². The van der Waals surface area contributed by atoms with Gasteiger partial charge in [-0.15, -0.1) is 0 Å². The molecule has 4 aliphatic rings. The molecule has 4 aliphatic heterocycles. The SMILES string of the molecule is C1=NCCSCCSCCN=Cc2ccc(cc2)C=NCCSCCSCCN=Cc2ccc1cc2. The molecule has 8 heteroatoms. The molecular formula is C28H36N4S4. The molecule has 2 aromatic rings. The minimum atomic E-state index is 0.865. The molecule has 4 heterocycles. The molecule has 6 rings (SSSR count). The van der Waals surface area contributed by atoms with E-state index in [-0.39, 0.29) is 0 Å². The maximum absolute atomic E-state index is 4.57. The lowest BCUT2D eigenvalue weighted by molar-refractivity contribution is 1.15. The molecule has 0 unspecified atom stereocenters. The van der Waals surface area contributed by atoms with E-state index in [1.807, 2.05) is 71.9 Å². The third kappa shape index (κ3) is 13.7. The number of hydrogen-bond acceptors (Lipinski definition) is 8. The van der Waals surface area contributed by atoms with Gasteiger partial charge in [0.25, 0.3) is 0 Å². The first-order chi connectivity index (χ1) is 17.9. The summed E-state index contributed by atoms with van der Waals surface area (Å²) in [4.78, 5) is 18.3. The molecule has 0 fully saturated rings. The highest BCUT2D eigenvalue weighted by atomic mass is 32.2. The summed E-state index contributed by atoms with van der Waals surface area (Å²) in [5.41, 5.74) is 4.59. The van der Waals surface area contributed by atoms with Crippen molar-refractivity contribution < 1.29 is 0 Å². The number of thioether (sulfide) groups is 4. The van der Waals surface area contributed by atoms with Crippen molar-refractivity contribution in [2.45, 2.75) is 0 Å². The van der Waals surface area contributed by atoms with Crippen LogP contribution in [0.1, 0.15) is 22.3 Å². The van der Waals surface area contributed by atoms with Crippen LogP contribution in [0, 0.1) is 0 Å². The van der Waals surface area contributed by atoms with Crippen molar-refractivity contribution in [2.24, 2.45) is 20.0 Å². The van der Waals surface area contributed by atoms with Gasteiger partial charge in [-0.2, -0.15) is 47.0 Å². The van der Waals surface area contributed by atoms with Gasteiger partial charge in [-0.25, -0.2) is 0 Å². The highest BCUT2D eigenvalue weighted by Gasteiger charge is 1.95. The highest BCUT2D eigenvalue weighted by molar-refractivity contribution is 8.03. The smallest absolute Gasteiger partial charge is 0.0480 e. The van der Waals surface area contributed by atoms with Gasteiger partial charge in [-0.1, -0.05) is 48.5 Å². The van der Waals surface area contributed by atoms with Gasteiger partial charge in [0, 0.05) is 97.1 Å². The van der Waals surface area contributed by atoms with Crippen molar-refractivity contribution in [3.63, 3.8) is 0 Å². The van der Waals surface area contributed by atoms with Crippen molar-refractivity contribution in [3.8, 4) is 0 Å².